The predicted octanol–water partition coefficient (Wildman–Crippen LogP) is 2.95. The zero-order valence-corrected chi connectivity index (χ0v) is 23.6. The second-order valence-corrected chi connectivity index (χ2v) is 9.78. The highest BCUT2D eigenvalue weighted by Gasteiger charge is 2.38. The minimum atomic E-state index is -1.39. The highest BCUT2D eigenvalue weighted by molar-refractivity contribution is 6.06. The molecule has 0 unspecified atom stereocenters. The zero-order chi connectivity index (χ0) is 30.7. The number of amides is 1. The summed E-state index contributed by atoms with van der Waals surface area (Å²) in [5, 5.41) is 32.9. The molecular weight excluding hydrogens is 562 g/mol. The lowest BCUT2D eigenvalue weighted by Gasteiger charge is -2.36. The average molecular weight is 594 g/mol. The van der Waals surface area contributed by atoms with Crippen molar-refractivity contribution in [2.75, 3.05) is 33.3 Å². The molecule has 4 aromatic rings. The molecule has 12 heteroatoms. The molecule has 4 atom stereocenters. The number of aliphatic hydroxyl groups is 3. The summed E-state index contributed by atoms with van der Waals surface area (Å²) in [5.74, 6) is 0.732. The van der Waals surface area contributed by atoms with Crippen LogP contribution in [0.1, 0.15) is 16.8 Å². The Bertz CT molecular complexity index is 1680. The number of carbonyl (C=O) groups is 1. The van der Waals surface area contributed by atoms with E-state index in [-0.39, 0.29) is 41.4 Å². The Morgan fingerprint density at radius 3 is 2.49 bits per heavy atom. The second-order valence-electron chi connectivity index (χ2n) is 9.78. The average Bonchev–Trinajstić information content (AvgIpc) is 3.03. The van der Waals surface area contributed by atoms with Crippen molar-refractivity contribution in [1.82, 2.24) is 0 Å². The van der Waals surface area contributed by atoms with Gasteiger partial charge in [-0.2, -0.15) is 0 Å². The van der Waals surface area contributed by atoms with Crippen LogP contribution >= 0.6 is 0 Å². The van der Waals surface area contributed by atoms with E-state index in [2.05, 4.69) is 5.32 Å². The second kappa shape index (κ2) is 12.7. The third kappa shape index (κ3) is 6.13. The molecule has 1 saturated heterocycles. The van der Waals surface area contributed by atoms with E-state index < -0.39 is 36.1 Å². The molecule has 5 rings (SSSR count). The number of carbonyl (C=O) groups excluding carboxylic acids is 1. The van der Waals surface area contributed by atoms with Gasteiger partial charge in [0.05, 0.1) is 40.1 Å². The van der Waals surface area contributed by atoms with Gasteiger partial charge in [-0.15, -0.1) is 0 Å². The number of nitrogens with one attached hydrogen (secondary N) is 1. The standard InChI is InChI=1S/C31H31NO11/c1-38-19-6-4-5-16(11-19)21-12-18(8-9-24(21)39-2)29(36)32-22-13-17-7-10-25(28(40-3)27(17)43-30(22)37)42-31-26(35)23(34)14-20(15-33)41-31/h4-13,20,23,26,31,33-35H,14-15H2,1-3H3,(H,32,36)/t20-,23+,26+,31+/m0/s1. The van der Waals surface area contributed by atoms with E-state index in [1.54, 1.807) is 37.4 Å². The molecule has 3 aromatic carbocycles. The van der Waals surface area contributed by atoms with Crippen LogP contribution in [0.4, 0.5) is 5.69 Å². The van der Waals surface area contributed by atoms with Crippen LogP contribution in [-0.2, 0) is 4.74 Å². The van der Waals surface area contributed by atoms with Crippen molar-refractivity contribution in [1.29, 1.82) is 0 Å². The largest absolute Gasteiger partial charge is 0.497 e. The lowest BCUT2D eigenvalue weighted by Crippen LogP contribution is -2.51. The fraction of sp³-hybridized carbons (Fsp3) is 0.290. The number of aliphatic hydroxyl groups excluding tert-OH is 3. The van der Waals surface area contributed by atoms with Crippen LogP contribution in [0.2, 0.25) is 0 Å². The first-order valence-corrected chi connectivity index (χ1v) is 13.3. The monoisotopic (exact) mass is 593 g/mol. The number of hydrogen-bond donors (Lipinski definition) is 4. The van der Waals surface area contributed by atoms with Crippen LogP contribution in [0.3, 0.4) is 0 Å². The van der Waals surface area contributed by atoms with Crippen molar-refractivity contribution >= 4 is 22.6 Å². The predicted molar refractivity (Wildman–Crippen MR) is 155 cm³/mol. The van der Waals surface area contributed by atoms with Gasteiger partial charge in [0, 0.05) is 22.9 Å². The minimum absolute atomic E-state index is 0.0253. The van der Waals surface area contributed by atoms with Crippen LogP contribution < -0.4 is 29.9 Å². The maximum Gasteiger partial charge on any atom is 0.360 e. The summed E-state index contributed by atoms with van der Waals surface area (Å²) in [7, 11) is 4.43. The van der Waals surface area contributed by atoms with Gasteiger partial charge in [-0.3, -0.25) is 4.79 Å². The van der Waals surface area contributed by atoms with E-state index >= 15 is 0 Å². The third-order valence-electron chi connectivity index (χ3n) is 7.07. The van der Waals surface area contributed by atoms with Crippen LogP contribution in [-0.4, -0.2) is 73.8 Å². The maximum atomic E-state index is 13.2. The molecule has 226 valence electrons. The van der Waals surface area contributed by atoms with E-state index in [9.17, 15) is 24.9 Å². The summed E-state index contributed by atoms with van der Waals surface area (Å²) in [6, 6.07) is 16.7. The third-order valence-corrected chi connectivity index (χ3v) is 7.07. The zero-order valence-electron chi connectivity index (χ0n) is 23.6. The van der Waals surface area contributed by atoms with Crippen molar-refractivity contribution < 1.29 is 48.2 Å². The first kappa shape index (κ1) is 29.9. The van der Waals surface area contributed by atoms with Gasteiger partial charge < -0.3 is 48.7 Å². The van der Waals surface area contributed by atoms with Gasteiger partial charge in [-0.25, -0.2) is 4.79 Å². The van der Waals surface area contributed by atoms with Gasteiger partial charge in [0.2, 0.25) is 12.0 Å². The lowest BCUT2D eigenvalue weighted by atomic mass is 10.0. The molecule has 0 bridgehead atoms. The molecule has 1 aliphatic rings. The number of ether oxygens (including phenoxy) is 5. The Labute approximate surface area is 245 Å². The van der Waals surface area contributed by atoms with E-state index in [4.69, 9.17) is 28.1 Å². The summed E-state index contributed by atoms with van der Waals surface area (Å²) in [4.78, 5) is 26.2. The van der Waals surface area contributed by atoms with Crippen molar-refractivity contribution in [3.63, 3.8) is 0 Å². The van der Waals surface area contributed by atoms with Gasteiger partial charge in [0.15, 0.2) is 11.3 Å². The SMILES string of the molecule is COc1cccc(-c2cc(C(=O)Nc3cc4ccc(O[C@H]5O[C@H](CO)C[C@@H](O)[C@H]5O)c(OC)c4oc3=O)ccc2OC)c1. The van der Waals surface area contributed by atoms with Crippen molar-refractivity contribution in [3.8, 4) is 34.1 Å². The molecule has 0 saturated carbocycles. The Kier molecular flexibility index (Phi) is 8.83. The normalized spacial score (nSPS) is 20.0. The summed E-state index contributed by atoms with van der Waals surface area (Å²) in [6.45, 7) is -0.374. The van der Waals surface area contributed by atoms with Crippen LogP contribution in [0.5, 0.6) is 23.0 Å². The van der Waals surface area contributed by atoms with E-state index in [1.165, 1.54) is 26.4 Å². The number of anilines is 1. The molecule has 1 fully saturated rings. The van der Waals surface area contributed by atoms with Crippen LogP contribution in [0.25, 0.3) is 22.1 Å². The molecule has 0 aliphatic carbocycles. The van der Waals surface area contributed by atoms with Gasteiger partial charge in [-0.05, 0) is 54.1 Å². The number of hydrogen-bond acceptors (Lipinski definition) is 11. The highest BCUT2D eigenvalue weighted by atomic mass is 16.7. The minimum Gasteiger partial charge on any atom is -0.497 e. The summed E-state index contributed by atoms with van der Waals surface area (Å²) < 4.78 is 33.1. The van der Waals surface area contributed by atoms with Gasteiger partial charge in [0.25, 0.3) is 5.91 Å². The first-order chi connectivity index (χ1) is 20.8. The first-order valence-electron chi connectivity index (χ1n) is 13.3. The van der Waals surface area contributed by atoms with Gasteiger partial charge in [0.1, 0.15) is 23.3 Å². The Hall–Kier alpha value is -4.62. The summed E-state index contributed by atoms with van der Waals surface area (Å²) >= 11 is 0. The molecular formula is C31H31NO11. The van der Waals surface area contributed by atoms with Crippen molar-refractivity contribution in [2.24, 2.45) is 0 Å². The molecule has 12 nitrogen and oxygen atoms in total. The molecule has 1 aromatic heterocycles. The quantitative estimate of drug-likeness (QED) is 0.211. The Balaban J connectivity index is 1.42. The molecule has 2 heterocycles. The number of methoxy groups -OCH3 is 3. The fourth-order valence-electron chi connectivity index (χ4n) is 4.83. The highest BCUT2D eigenvalue weighted by Crippen LogP contribution is 2.38. The topological polar surface area (TPSA) is 166 Å². The summed E-state index contributed by atoms with van der Waals surface area (Å²) in [5.41, 5.74) is 0.774. The molecule has 0 radical (unpaired) electrons. The Morgan fingerprint density at radius 2 is 1.77 bits per heavy atom. The van der Waals surface area contributed by atoms with Crippen LogP contribution in [0.15, 0.2) is 69.9 Å². The van der Waals surface area contributed by atoms with Crippen LogP contribution in [0, 0.1) is 0 Å². The lowest BCUT2D eigenvalue weighted by molar-refractivity contribution is -0.240. The molecule has 1 aliphatic heterocycles. The number of rotatable bonds is 9. The smallest absolute Gasteiger partial charge is 0.360 e. The molecule has 4 N–H and O–H groups in total. The van der Waals surface area contributed by atoms with E-state index in [0.717, 1.165) is 5.56 Å². The molecule has 43 heavy (non-hydrogen) atoms. The Morgan fingerprint density at radius 1 is 0.977 bits per heavy atom. The van der Waals surface area contributed by atoms with Crippen molar-refractivity contribution in [2.45, 2.75) is 31.0 Å². The van der Waals surface area contributed by atoms with E-state index in [1.807, 2.05) is 18.2 Å². The van der Waals surface area contributed by atoms with Gasteiger partial charge >= 0.3 is 5.63 Å². The molecule has 0 spiro atoms. The number of benzene rings is 3. The number of fused-ring (bicyclic) bond motifs is 1. The molecule has 1 amide bonds. The summed E-state index contributed by atoms with van der Waals surface area (Å²) in [6.07, 6.45) is -4.59. The van der Waals surface area contributed by atoms with Gasteiger partial charge in [-0.1, -0.05) is 12.1 Å². The van der Waals surface area contributed by atoms with E-state index in [0.29, 0.717) is 22.4 Å². The maximum absolute atomic E-state index is 13.2. The fourth-order valence-corrected chi connectivity index (χ4v) is 4.83. The van der Waals surface area contributed by atoms with Crippen molar-refractivity contribution in [3.05, 3.63) is 76.6 Å².